The third-order valence-corrected chi connectivity index (χ3v) is 4.35. The van der Waals surface area contributed by atoms with Gasteiger partial charge in [-0.2, -0.15) is 0 Å². The molecule has 1 aromatic heterocycles. The van der Waals surface area contributed by atoms with Gasteiger partial charge in [-0.05, 0) is 50.6 Å². The minimum absolute atomic E-state index is 0.0680. The molecule has 0 aliphatic carbocycles. The molecule has 0 radical (unpaired) electrons. The Hall–Kier alpha value is -2.27. The maximum absolute atomic E-state index is 12.4. The summed E-state index contributed by atoms with van der Waals surface area (Å²) in [5.41, 5.74) is 1.22. The molecule has 1 aliphatic rings. The lowest BCUT2D eigenvalue weighted by Crippen LogP contribution is -2.44. The van der Waals surface area contributed by atoms with Crippen molar-refractivity contribution in [3.63, 3.8) is 0 Å². The molecule has 5 nitrogen and oxygen atoms in total. The van der Waals surface area contributed by atoms with Crippen LogP contribution in [-0.4, -0.2) is 36.5 Å². The van der Waals surface area contributed by atoms with Crippen LogP contribution in [0.1, 0.15) is 24.2 Å². The number of furan rings is 1. The molecule has 24 heavy (non-hydrogen) atoms. The Morgan fingerprint density at radius 3 is 2.92 bits per heavy atom. The molecular weight excluding hydrogens is 304 g/mol. The summed E-state index contributed by atoms with van der Waals surface area (Å²) in [5.74, 6) is 1.72. The lowest BCUT2D eigenvalue weighted by Gasteiger charge is -2.23. The summed E-state index contributed by atoms with van der Waals surface area (Å²) in [6, 6.07) is 11.7. The van der Waals surface area contributed by atoms with Gasteiger partial charge in [0, 0.05) is 6.54 Å². The van der Waals surface area contributed by atoms with E-state index in [1.165, 1.54) is 5.56 Å². The summed E-state index contributed by atoms with van der Waals surface area (Å²) in [5, 5.41) is 2.96. The number of carbonyl (C=O) groups is 1. The molecule has 2 aromatic rings. The smallest absolute Gasteiger partial charge is 0.237 e. The van der Waals surface area contributed by atoms with Crippen LogP contribution in [-0.2, 0) is 11.3 Å². The first-order chi connectivity index (χ1) is 11.7. The maximum Gasteiger partial charge on any atom is 0.237 e. The van der Waals surface area contributed by atoms with Crippen LogP contribution >= 0.6 is 0 Å². The van der Waals surface area contributed by atoms with Crippen molar-refractivity contribution in [3.8, 4) is 5.75 Å². The van der Waals surface area contributed by atoms with Gasteiger partial charge in [-0.3, -0.25) is 9.69 Å². The fourth-order valence-corrected chi connectivity index (χ4v) is 3.01. The Bertz CT molecular complexity index is 637. The van der Waals surface area contributed by atoms with E-state index in [0.717, 1.165) is 37.4 Å². The van der Waals surface area contributed by atoms with Crippen LogP contribution in [0.15, 0.2) is 47.1 Å². The third kappa shape index (κ3) is 4.38. The molecule has 1 fully saturated rings. The lowest BCUT2D eigenvalue weighted by molar-refractivity contribution is -0.125. The highest BCUT2D eigenvalue weighted by atomic mass is 16.5. The fraction of sp³-hybridized carbons (Fsp3) is 0.421. The normalized spacial score (nSPS) is 17.8. The number of rotatable bonds is 7. The molecular formula is C19H24N2O3. The van der Waals surface area contributed by atoms with Crippen molar-refractivity contribution in [2.24, 2.45) is 0 Å². The zero-order valence-electron chi connectivity index (χ0n) is 14.0. The molecule has 5 heteroatoms. The summed E-state index contributed by atoms with van der Waals surface area (Å²) in [4.78, 5) is 14.6. The average molecular weight is 328 g/mol. The number of carbonyl (C=O) groups excluding carboxylic acids is 1. The molecule has 3 rings (SSSR count). The van der Waals surface area contributed by atoms with Crippen LogP contribution in [0.4, 0.5) is 0 Å². The number of nitrogens with zero attached hydrogens (tertiary/aromatic N) is 1. The van der Waals surface area contributed by atoms with Gasteiger partial charge in [-0.25, -0.2) is 0 Å². The SMILES string of the molecule is Cc1ccc(OCCN2CCC[C@@H]2C(=O)NCc2ccco2)cc1. The van der Waals surface area contributed by atoms with Gasteiger partial charge in [-0.1, -0.05) is 17.7 Å². The minimum Gasteiger partial charge on any atom is -0.492 e. The number of nitrogens with one attached hydrogen (secondary N) is 1. The average Bonchev–Trinajstić information content (AvgIpc) is 3.26. The number of likely N-dealkylation sites (tertiary alicyclic amines) is 1. The molecule has 1 saturated heterocycles. The minimum atomic E-state index is -0.0680. The van der Waals surface area contributed by atoms with Gasteiger partial charge in [0.25, 0.3) is 0 Å². The van der Waals surface area contributed by atoms with E-state index in [-0.39, 0.29) is 11.9 Å². The van der Waals surface area contributed by atoms with E-state index >= 15 is 0 Å². The highest BCUT2D eigenvalue weighted by Crippen LogP contribution is 2.18. The van der Waals surface area contributed by atoms with Crippen molar-refractivity contribution in [1.29, 1.82) is 0 Å². The molecule has 1 amide bonds. The van der Waals surface area contributed by atoms with Crippen LogP contribution in [0.2, 0.25) is 0 Å². The van der Waals surface area contributed by atoms with Crippen LogP contribution < -0.4 is 10.1 Å². The monoisotopic (exact) mass is 328 g/mol. The van der Waals surface area contributed by atoms with Crippen LogP contribution in [0.3, 0.4) is 0 Å². The number of hydrogen-bond donors (Lipinski definition) is 1. The highest BCUT2D eigenvalue weighted by Gasteiger charge is 2.30. The molecule has 0 bridgehead atoms. The number of ether oxygens (including phenoxy) is 1. The molecule has 0 saturated carbocycles. The first-order valence-corrected chi connectivity index (χ1v) is 8.46. The molecule has 1 atom stereocenters. The second kappa shape index (κ2) is 8.02. The van der Waals surface area contributed by atoms with E-state index in [9.17, 15) is 4.79 Å². The third-order valence-electron chi connectivity index (χ3n) is 4.35. The second-order valence-electron chi connectivity index (χ2n) is 6.15. The van der Waals surface area contributed by atoms with Gasteiger partial charge >= 0.3 is 0 Å². The Kier molecular flexibility index (Phi) is 5.54. The Morgan fingerprint density at radius 1 is 1.33 bits per heavy atom. The molecule has 1 N–H and O–H groups in total. The predicted molar refractivity (Wildman–Crippen MR) is 91.8 cm³/mol. The molecule has 2 heterocycles. The predicted octanol–water partition coefficient (Wildman–Crippen LogP) is 2.75. The first-order valence-electron chi connectivity index (χ1n) is 8.46. The molecule has 0 spiro atoms. The summed E-state index contributed by atoms with van der Waals surface area (Å²) in [7, 11) is 0. The van der Waals surface area contributed by atoms with E-state index in [4.69, 9.17) is 9.15 Å². The standard InChI is InChI=1S/C19H24N2O3/c1-15-6-8-16(9-7-15)24-13-11-21-10-2-5-18(21)19(22)20-14-17-4-3-12-23-17/h3-4,6-9,12,18H,2,5,10-11,13-14H2,1H3,(H,20,22)/t18-/m1/s1. The van der Waals surface area contributed by atoms with Gasteiger partial charge in [-0.15, -0.1) is 0 Å². The van der Waals surface area contributed by atoms with E-state index in [0.29, 0.717) is 13.2 Å². The quantitative estimate of drug-likeness (QED) is 0.849. The van der Waals surface area contributed by atoms with E-state index in [1.807, 2.05) is 36.4 Å². The number of aryl methyl sites for hydroxylation is 1. The zero-order chi connectivity index (χ0) is 16.8. The van der Waals surface area contributed by atoms with E-state index in [2.05, 4.69) is 17.1 Å². The highest BCUT2D eigenvalue weighted by molar-refractivity contribution is 5.81. The van der Waals surface area contributed by atoms with Crippen molar-refractivity contribution < 1.29 is 13.9 Å². The Balaban J connectivity index is 1.44. The molecule has 1 aromatic carbocycles. The van der Waals surface area contributed by atoms with Gasteiger partial charge < -0.3 is 14.5 Å². The van der Waals surface area contributed by atoms with Crippen LogP contribution in [0.25, 0.3) is 0 Å². The van der Waals surface area contributed by atoms with Crippen molar-refractivity contribution in [2.75, 3.05) is 19.7 Å². The number of amides is 1. The molecule has 128 valence electrons. The zero-order valence-corrected chi connectivity index (χ0v) is 14.0. The van der Waals surface area contributed by atoms with E-state index < -0.39 is 0 Å². The summed E-state index contributed by atoms with van der Waals surface area (Å²) in [6.07, 6.45) is 3.56. The van der Waals surface area contributed by atoms with Crippen LogP contribution in [0, 0.1) is 6.92 Å². The first kappa shape index (κ1) is 16.6. The van der Waals surface area contributed by atoms with Gasteiger partial charge in [0.05, 0.1) is 18.8 Å². The molecule has 1 aliphatic heterocycles. The largest absolute Gasteiger partial charge is 0.492 e. The lowest BCUT2D eigenvalue weighted by atomic mass is 10.2. The van der Waals surface area contributed by atoms with Gasteiger partial charge in [0.2, 0.25) is 5.91 Å². The number of benzene rings is 1. The Morgan fingerprint density at radius 2 is 2.17 bits per heavy atom. The summed E-state index contributed by atoms with van der Waals surface area (Å²) in [6.45, 7) is 4.78. The van der Waals surface area contributed by atoms with Gasteiger partial charge in [0.1, 0.15) is 18.1 Å². The van der Waals surface area contributed by atoms with Crippen molar-refractivity contribution in [3.05, 3.63) is 54.0 Å². The van der Waals surface area contributed by atoms with Gasteiger partial charge in [0.15, 0.2) is 0 Å². The Labute approximate surface area is 142 Å². The topological polar surface area (TPSA) is 54.7 Å². The van der Waals surface area contributed by atoms with Crippen molar-refractivity contribution in [2.45, 2.75) is 32.4 Å². The fourth-order valence-electron chi connectivity index (χ4n) is 3.01. The maximum atomic E-state index is 12.4. The summed E-state index contributed by atoms with van der Waals surface area (Å²) >= 11 is 0. The molecule has 0 unspecified atom stereocenters. The van der Waals surface area contributed by atoms with Crippen LogP contribution in [0.5, 0.6) is 5.75 Å². The number of hydrogen-bond acceptors (Lipinski definition) is 4. The van der Waals surface area contributed by atoms with E-state index in [1.54, 1.807) is 6.26 Å². The summed E-state index contributed by atoms with van der Waals surface area (Å²) < 4.78 is 11.0. The van der Waals surface area contributed by atoms with Crippen molar-refractivity contribution >= 4 is 5.91 Å². The second-order valence-corrected chi connectivity index (χ2v) is 6.15. The van der Waals surface area contributed by atoms with Crippen molar-refractivity contribution in [1.82, 2.24) is 10.2 Å².